The van der Waals surface area contributed by atoms with Gasteiger partial charge in [0.15, 0.2) is 19.6 Å². The molecule has 0 N–H and O–H groups in total. The van der Waals surface area contributed by atoms with Gasteiger partial charge in [-0.15, -0.1) is 0 Å². The monoisotopic (exact) mass is 127 g/mol. The number of hydrogen-bond donors (Lipinski definition) is 0. The van der Waals surface area contributed by atoms with E-state index in [2.05, 4.69) is 11.9 Å². The second-order valence-corrected chi connectivity index (χ2v) is 3.63. The quantitative estimate of drug-likeness (QED) is 0.308. The molecule has 0 aromatic heterocycles. The van der Waals surface area contributed by atoms with Crippen LogP contribution in [0.1, 0.15) is 0 Å². The standard InChI is InChI=1S/C7H15N2/c1-9-5-2-8(3-6-9)4-7-9/h2-7H2,1H3/q+2. The first-order valence-electron chi connectivity index (χ1n) is 3.84. The lowest BCUT2D eigenvalue weighted by Gasteiger charge is -2.42. The van der Waals surface area contributed by atoms with E-state index in [0.29, 0.717) is 0 Å². The third-order valence-corrected chi connectivity index (χ3v) is 2.87. The topological polar surface area (TPSA) is 5.90 Å². The van der Waals surface area contributed by atoms with E-state index >= 15 is 0 Å². The SMILES string of the molecule is C[N+]12CC[N+](CC1)CC2. The van der Waals surface area contributed by atoms with Crippen molar-refractivity contribution in [2.75, 3.05) is 46.3 Å². The smallest absolute Gasteiger partial charge is 0.172 e. The number of quaternary nitrogens is 1. The summed E-state index contributed by atoms with van der Waals surface area (Å²) in [7, 11) is 2.39. The van der Waals surface area contributed by atoms with E-state index in [0.717, 1.165) is 0 Å². The summed E-state index contributed by atoms with van der Waals surface area (Å²) >= 11 is 0. The van der Waals surface area contributed by atoms with Crippen molar-refractivity contribution in [1.82, 2.24) is 4.90 Å². The van der Waals surface area contributed by atoms with Gasteiger partial charge in [-0.2, -0.15) is 4.90 Å². The predicted octanol–water partition coefficient (Wildman–Crippen LogP) is -0.400. The van der Waals surface area contributed by atoms with Crippen LogP contribution in [-0.4, -0.2) is 50.8 Å². The molecule has 51 valence electrons. The average molecular weight is 127 g/mol. The number of piperazine rings is 3. The van der Waals surface area contributed by atoms with Crippen LogP contribution in [0.3, 0.4) is 0 Å². The number of rotatable bonds is 0. The van der Waals surface area contributed by atoms with Gasteiger partial charge in [0, 0.05) is 0 Å². The largest absolute Gasteiger partial charge is 0.312 e. The summed E-state index contributed by atoms with van der Waals surface area (Å²) in [5.41, 5.74) is 0. The van der Waals surface area contributed by atoms with Crippen LogP contribution in [-0.2, 0) is 0 Å². The first-order chi connectivity index (χ1) is 4.29. The first-order valence-corrected chi connectivity index (χ1v) is 3.84. The van der Waals surface area contributed by atoms with Gasteiger partial charge in [-0.3, -0.25) is 0 Å². The summed E-state index contributed by atoms with van der Waals surface area (Å²) in [4.78, 5) is 2.57. The van der Waals surface area contributed by atoms with Gasteiger partial charge < -0.3 is 4.48 Å². The molecule has 0 aliphatic carbocycles. The maximum Gasteiger partial charge on any atom is 0.172 e. The van der Waals surface area contributed by atoms with E-state index in [9.17, 15) is 0 Å². The van der Waals surface area contributed by atoms with E-state index in [1.165, 1.54) is 43.8 Å². The van der Waals surface area contributed by atoms with Crippen LogP contribution in [0, 0.1) is 0 Å². The Morgan fingerprint density at radius 2 is 1.44 bits per heavy atom. The zero-order valence-corrected chi connectivity index (χ0v) is 6.14. The first kappa shape index (κ1) is 5.69. The molecule has 0 aromatic rings. The maximum atomic E-state index is 2.57. The van der Waals surface area contributed by atoms with Crippen LogP contribution in [0.2, 0.25) is 0 Å². The molecule has 3 rings (SSSR count). The fraction of sp³-hybridized carbons (Fsp3) is 1.00. The molecule has 0 aromatic carbocycles. The van der Waals surface area contributed by atoms with Gasteiger partial charge in [0.05, 0.1) is 7.05 Å². The van der Waals surface area contributed by atoms with E-state index in [1.54, 1.807) is 0 Å². The highest BCUT2D eigenvalue weighted by atomic mass is 15.4. The molecule has 2 heteroatoms. The minimum absolute atomic E-state index is 1.34. The van der Waals surface area contributed by atoms with Gasteiger partial charge in [0.25, 0.3) is 0 Å². The van der Waals surface area contributed by atoms with Crippen molar-refractivity contribution in [2.24, 2.45) is 0 Å². The Labute approximate surface area is 56.6 Å². The van der Waals surface area contributed by atoms with Gasteiger partial charge in [0.1, 0.15) is 19.6 Å². The van der Waals surface area contributed by atoms with E-state index in [-0.39, 0.29) is 0 Å². The Kier molecular flexibility index (Phi) is 1.08. The highest BCUT2D eigenvalue weighted by molar-refractivity contribution is 4.73. The molecule has 0 spiro atoms. The molecule has 3 fully saturated rings. The fourth-order valence-electron chi connectivity index (χ4n) is 1.82. The van der Waals surface area contributed by atoms with Gasteiger partial charge in [0.2, 0.25) is 0 Å². The summed E-state index contributed by atoms with van der Waals surface area (Å²) < 4.78 is 1.34. The molecule has 9 heavy (non-hydrogen) atoms. The van der Waals surface area contributed by atoms with Crippen molar-refractivity contribution in [3.05, 3.63) is 0 Å². The third-order valence-electron chi connectivity index (χ3n) is 2.87. The molecule has 2 nitrogen and oxygen atoms in total. The molecule has 0 saturated carbocycles. The van der Waals surface area contributed by atoms with E-state index < -0.39 is 0 Å². The highest BCUT2D eigenvalue weighted by Gasteiger charge is 2.40. The van der Waals surface area contributed by atoms with Crippen molar-refractivity contribution in [3.63, 3.8) is 0 Å². The molecule has 3 heterocycles. The maximum absolute atomic E-state index is 2.57. The number of nitrogens with zero attached hydrogens (tertiary/aromatic N) is 2. The summed E-state index contributed by atoms with van der Waals surface area (Å²) in [6, 6.07) is 0. The van der Waals surface area contributed by atoms with E-state index in [1.807, 2.05) is 0 Å². The van der Waals surface area contributed by atoms with Crippen LogP contribution in [0.4, 0.5) is 0 Å². The summed E-state index contributed by atoms with van der Waals surface area (Å²) in [5.74, 6) is 0. The van der Waals surface area contributed by atoms with Gasteiger partial charge in [-0.25, -0.2) is 0 Å². The van der Waals surface area contributed by atoms with Crippen LogP contribution >= 0.6 is 0 Å². The lowest BCUT2D eigenvalue weighted by molar-refractivity contribution is -0.920. The molecule has 1 radical (unpaired) electrons. The van der Waals surface area contributed by atoms with Crippen molar-refractivity contribution >= 4 is 0 Å². The third kappa shape index (κ3) is 0.864. The lowest BCUT2D eigenvalue weighted by Crippen LogP contribution is -2.67. The molecule has 0 atom stereocenters. The van der Waals surface area contributed by atoms with Gasteiger partial charge in [-0.05, 0) is 0 Å². The molecule has 0 amide bonds. The number of likely N-dealkylation sites (N-methyl/N-ethyl adjacent to an activating group) is 1. The van der Waals surface area contributed by atoms with Gasteiger partial charge >= 0.3 is 0 Å². The molecule has 3 aliphatic heterocycles. The molecule has 3 saturated heterocycles. The Balaban J connectivity index is 2.11. The molecule has 3 aliphatic rings. The Hall–Kier alpha value is -0.0800. The fourth-order valence-corrected chi connectivity index (χ4v) is 1.82. The summed E-state index contributed by atoms with van der Waals surface area (Å²) in [6.45, 7) is 8.20. The number of hydrogen-bond acceptors (Lipinski definition) is 1. The minimum atomic E-state index is 1.34. The normalized spacial score (nSPS) is 49.7. The van der Waals surface area contributed by atoms with Crippen LogP contribution in [0.15, 0.2) is 0 Å². The molecule has 0 unspecified atom stereocenters. The average Bonchev–Trinajstić information content (AvgIpc) is 1.90. The highest BCUT2D eigenvalue weighted by Crippen LogP contribution is 2.13. The minimum Gasteiger partial charge on any atom is -0.312 e. The zero-order chi connectivity index (χ0) is 6.32. The summed E-state index contributed by atoms with van der Waals surface area (Å²) in [5, 5.41) is 0. The predicted molar refractivity (Wildman–Crippen MR) is 37.5 cm³/mol. The van der Waals surface area contributed by atoms with Crippen LogP contribution in [0.5, 0.6) is 0 Å². The molecular formula is C7H15N2+2. The second kappa shape index (κ2) is 1.70. The van der Waals surface area contributed by atoms with Gasteiger partial charge in [-0.1, -0.05) is 0 Å². The zero-order valence-electron chi connectivity index (χ0n) is 6.14. The van der Waals surface area contributed by atoms with Crippen molar-refractivity contribution in [3.8, 4) is 0 Å². The van der Waals surface area contributed by atoms with E-state index in [4.69, 9.17) is 0 Å². The Morgan fingerprint density at radius 3 is 1.67 bits per heavy atom. The Morgan fingerprint density at radius 1 is 1.00 bits per heavy atom. The van der Waals surface area contributed by atoms with Crippen LogP contribution in [0.25, 0.3) is 0 Å². The van der Waals surface area contributed by atoms with Crippen molar-refractivity contribution < 1.29 is 4.48 Å². The second-order valence-electron chi connectivity index (χ2n) is 3.63. The van der Waals surface area contributed by atoms with Crippen LogP contribution < -0.4 is 4.90 Å². The lowest BCUT2D eigenvalue weighted by atomic mass is 10.2. The van der Waals surface area contributed by atoms with Crippen molar-refractivity contribution in [2.45, 2.75) is 0 Å². The molecular weight excluding hydrogens is 112 g/mol. The van der Waals surface area contributed by atoms with Crippen molar-refractivity contribution in [1.29, 1.82) is 0 Å². The summed E-state index contributed by atoms with van der Waals surface area (Å²) in [6.07, 6.45) is 0. The Bertz CT molecular complexity index is 100. The molecule has 2 bridgehead atoms. The number of fused-ring (bicyclic) bond motifs is 3.